The number of pyridine rings is 1. The molecule has 1 saturated carbocycles. The topological polar surface area (TPSA) is 58.6 Å². The average Bonchev–Trinajstić information content (AvgIpc) is 3.42. The highest BCUT2D eigenvalue weighted by Crippen LogP contribution is 2.41. The second kappa shape index (κ2) is 6.81. The van der Waals surface area contributed by atoms with E-state index < -0.39 is 0 Å². The molecule has 0 radical (unpaired) electrons. The van der Waals surface area contributed by atoms with Gasteiger partial charge >= 0.3 is 0 Å². The summed E-state index contributed by atoms with van der Waals surface area (Å²) in [6, 6.07) is 2.42. The molecule has 1 aliphatic carbocycles. The van der Waals surface area contributed by atoms with Crippen LogP contribution in [0.2, 0.25) is 0 Å². The number of hydrogen-bond donors (Lipinski definition) is 0. The van der Waals surface area contributed by atoms with Gasteiger partial charge in [0.05, 0.1) is 40.0 Å². The molecule has 0 aromatic carbocycles. The lowest BCUT2D eigenvalue weighted by molar-refractivity contribution is 0.0697. The van der Waals surface area contributed by atoms with E-state index in [-0.39, 0.29) is 5.91 Å². The predicted octanol–water partition coefficient (Wildman–Crippen LogP) is 3.41. The minimum absolute atomic E-state index is 0.146. The van der Waals surface area contributed by atoms with Gasteiger partial charge in [0.25, 0.3) is 5.91 Å². The van der Waals surface area contributed by atoms with Crippen molar-refractivity contribution in [3.8, 4) is 10.6 Å². The first-order chi connectivity index (χ1) is 13.5. The summed E-state index contributed by atoms with van der Waals surface area (Å²) in [6.45, 7) is 9.85. The van der Waals surface area contributed by atoms with E-state index in [1.54, 1.807) is 11.3 Å². The molecule has 1 atom stereocenters. The van der Waals surface area contributed by atoms with Crippen LogP contribution < -0.4 is 4.90 Å². The fraction of sp³-hybridized carbons (Fsp3) is 0.571. The molecule has 2 fully saturated rings. The van der Waals surface area contributed by atoms with E-state index in [4.69, 9.17) is 9.72 Å². The smallest absolute Gasteiger partial charge is 0.258 e. The number of thiazole rings is 1. The summed E-state index contributed by atoms with van der Waals surface area (Å²) in [4.78, 5) is 28.3. The highest BCUT2D eigenvalue weighted by Gasteiger charge is 2.41. The molecule has 0 N–H and O–H groups in total. The van der Waals surface area contributed by atoms with Crippen molar-refractivity contribution in [2.75, 3.05) is 31.2 Å². The van der Waals surface area contributed by atoms with Crippen molar-refractivity contribution in [1.82, 2.24) is 14.9 Å². The summed E-state index contributed by atoms with van der Waals surface area (Å²) in [7, 11) is 0. The number of carbonyl (C=O) groups excluding carboxylic acids is 1. The first-order valence-corrected chi connectivity index (χ1v) is 11.0. The first-order valence-electron chi connectivity index (χ1n) is 10.1. The summed E-state index contributed by atoms with van der Waals surface area (Å²) in [5.41, 5.74) is 3.86. The number of carbonyl (C=O) groups is 1. The number of amides is 1. The Hall–Kier alpha value is -1.99. The maximum absolute atomic E-state index is 13.4. The Bertz CT molecular complexity index is 931. The molecule has 0 bridgehead atoms. The third-order valence-corrected chi connectivity index (χ3v) is 7.24. The highest BCUT2D eigenvalue weighted by atomic mass is 32.1. The van der Waals surface area contributed by atoms with Crippen LogP contribution in [0.5, 0.6) is 0 Å². The van der Waals surface area contributed by atoms with Gasteiger partial charge in [0.15, 0.2) is 0 Å². The Labute approximate surface area is 169 Å². The van der Waals surface area contributed by atoms with Gasteiger partial charge in [-0.25, -0.2) is 9.97 Å². The summed E-state index contributed by atoms with van der Waals surface area (Å²) >= 11 is 1.68. The van der Waals surface area contributed by atoms with Crippen LogP contribution in [0, 0.1) is 19.8 Å². The second-order valence-corrected chi connectivity index (χ2v) is 9.33. The minimum Gasteiger partial charge on any atom is -0.378 e. The molecule has 3 aliphatic rings. The number of aryl methyl sites for hydroxylation is 2. The number of anilines is 1. The van der Waals surface area contributed by atoms with Crippen molar-refractivity contribution in [1.29, 1.82) is 0 Å². The van der Waals surface area contributed by atoms with Crippen LogP contribution >= 0.6 is 11.3 Å². The van der Waals surface area contributed by atoms with E-state index in [0.29, 0.717) is 31.7 Å². The number of nitrogens with zero attached hydrogens (tertiary/aromatic N) is 4. The normalized spacial score (nSPS) is 20.6. The largest absolute Gasteiger partial charge is 0.378 e. The van der Waals surface area contributed by atoms with E-state index in [2.05, 4.69) is 27.8 Å². The lowest BCUT2D eigenvalue weighted by atomic mass is 10.1. The molecule has 5 rings (SSSR count). The van der Waals surface area contributed by atoms with E-state index in [1.165, 1.54) is 12.8 Å². The SMILES string of the molecule is Cc1nc(C)c(-c2cc3c(c(N4CCOCC4)n2)C(=O)N([C@@H](C)C2CC2)C3)s1. The van der Waals surface area contributed by atoms with Gasteiger partial charge in [-0.1, -0.05) is 0 Å². The van der Waals surface area contributed by atoms with Crippen LogP contribution in [0.15, 0.2) is 6.07 Å². The quantitative estimate of drug-likeness (QED) is 0.790. The molecule has 2 aromatic heterocycles. The van der Waals surface area contributed by atoms with Crippen LogP contribution in [-0.4, -0.2) is 53.1 Å². The van der Waals surface area contributed by atoms with Crippen molar-refractivity contribution in [2.45, 2.75) is 46.2 Å². The summed E-state index contributed by atoms with van der Waals surface area (Å²) in [6.07, 6.45) is 2.47. The van der Waals surface area contributed by atoms with E-state index in [9.17, 15) is 4.79 Å². The fourth-order valence-electron chi connectivity index (χ4n) is 4.39. The Morgan fingerprint density at radius 2 is 1.96 bits per heavy atom. The van der Waals surface area contributed by atoms with Gasteiger partial charge in [0, 0.05) is 25.7 Å². The molecule has 0 spiro atoms. The zero-order valence-corrected chi connectivity index (χ0v) is 17.5. The zero-order chi connectivity index (χ0) is 19.4. The molecule has 7 heteroatoms. The van der Waals surface area contributed by atoms with Gasteiger partial charge in [-0.15, -0.1) is 11.3 Å². The number of aromatic nitrogens is 2. The molecule has 0 unspecified atom stereocenters. The summed E-state index contributed by atoms with van der Waals surface area (Å²) in [5.74, 6) is 1.63. The van der Waals surface area contributed by atoms with E-state index in [1.807, 2.05) is 13.8 Å². The third-order valence-electron chi connectivity index (χ3n) is 6.14. The van der Waals surface area contributed by atoms with Crippen LogP contribution in [0.1, 0.15) is 46.4 Å². The molecular formula is C21H26N4O2S. The predicted molar refractivity (Wildman–Crippen MR) is 110 cm³/mol. The number of ether oxygens (including phenoxy) is 1. The van der Waals surface area contributed by atoms with Crippen molar-refractivity contribution in [2.24, 2.45) is 5.92 Å². The lowest BCUT2D eigenvalue weighted by Gasteiger charge is -2.29. The Morgan fingerprint density at radius 1 is 1.21 bits per heavy atom. The maximum Gasteiger partial charge on any atom is 0.258 e. The number of rotatable bonds is 4. The molecule has 1 amide bonds. The number of hydrogen-bond acceptors (Lipinski definition) is 6. The van der Waals surface area contributed by atoms with Crippen molar-refractivity contribution < 1.29 is 9.53 Å². The van der Waals surface area contributed by atoms with Gasteiger partial charge in [-0.3, -0.25) is 4.79 Å². The first kappa shape index (κ1) is 18.1. The summed E-state index contributed by atoms with van der Waals surface area (Å²) < 4.78 is 5.53. The number of fused-ring (bicyclic) bond motifs is 1. The van der Waals surface area contributed by atoms with Crippen LogP contribution in [0.4, 0.5) is 5.82 Å². The average molecular weight is 399 g/mol. The zero-order valence-electron chi connectivity index (χ0n) is 16.7. The fourth-order valence-corrected chi connectivity index (χ4v) is 5.27. The van der Waals surface area contributed by atoms with Gasteiger partial charge in [0.2, 0.25) is 0 Å². The standard InChI is InChI=1S/C21H26N4O2S/c1-12-19(28-14(3)22-12)17-10-16-11-25(13(2)15-4-5-15)21(26)18(16)20(23-17)24-6-8-27-9-7-24/h10,13,15H,4-9,11H2,1-3H3/t13-/m0/s1. The van der Waals surface area contributed by atoms with Crippen molar-refractivity contribution in [3.63, 3.8) is 0 Å². The Morgan fingerprint density at radius 3 is 2.61 bits per heavy atom. The lowest BCUT2D eigenvalue weighted by Crippen LogP contribution is -2.39. The molecular weight excluding hydrogens is 372 g/mol. The van der Waals surface area contributed by atoms with Crippen LogP contribution in [0.3, 0.4) is 0 Å². The molecule has 4 heterocycles. The molecule has 6 nitrogen and oxygen atoms in total. The van der Waals surface area contributed by atoms with Crippen LogP contribution in [-0.2, 0) is 11.3 Å². The van der Waals surface area contributed by atoms with Crippen LogP contribution in [0.25, 0.3) is 10.6 Å². The van der Waals surface area contributed by atoms with Crippen molar-refractivity contribution in [3.05, 3.63) is 27.9 Å². The van der Waals surface area contributed by atoms with Gasteiger partial charge < -0.3 is 14.5 Å². The molecule has 2 aromatic rings. The summed E-state index contributed by atoms with van der Waals surface area (Å²) in [5, 5.41) is 1.04. The van der Waals surface area contributed by atoms with Gasteiger partial charge in [-0.2, -0.15) is 0 Å². The molecule has 148 valence electrons. The van der Waals surface area contributed by atoms with Crippen molar-refractivity contribution >= 4 is 23.1 Å². The molecule has 1 saturated heterocycles. The maximum atomic E-state index is 13.4. The molecule has 2 aliphatic heterocycles. The Balaban J connectivity index is 1.60. The van der Waals surface area contributed by atoms with E-state index >= 15 is 0 Å². The van der Waals surface area contributed by atoms with E-state index in [0.717, 1.165) is 51.3 Å². The van der Waals surface area contributed by atoms with Gasteiger partial charge in [0.1, 0.15) is 5.82 Å². The van der Waals surface area contributed by atoms with Gasteiger partial charge in [-0.05, 0) is 51.2 Å². The minimum atomic E-state index is 0.146. The second-order valence-electron chi connectivity index (χ2n) is 8.12. The number of morpholine rings is 1. The monoisotopic (exact) mass is 398 g/mol. The Kier molecular flexibility index (Phi) is 4.39. The third kappa shape index (κ3) is 3.01. The molecule has 28 heavy (non-hydrogen) atoms. The highest BCUT2D eigenvalue weighted by molar-refractivity contribution is 7.15.